The molecule has 1 amide bonds. The van der Waals surface area contributed by atoms with Crippen molar-refractivity contribution >= 4 is 16.1 Å². The van der Waals surface area contributed by atoms with Crippen LogP contribution in [0.25, 0.3) is 0 Å². The van der Waals surface area contributed by atoms with E-state index in [-0.39, 0.29) is 0 Å². The third kappa shape index (κ3) is 3.93. The first-order valence-electron chi connectivity index (χ1n) is 5.64. The van der Waals surface area contributed by atoms with Gasteiger partial charge in [0.15, 0.2) is 0 Å². The third-order valence-electron chi connectivity index (χ3n) is 2.71. The van der Waals surface area contributed by atoms with Crippen molar-refractivity contribution in [1.82, 2.24) is 13.9 Å². The van der Waals surface area contributed by atoms with Gasteiger partial charge in [0.1, 0.15) is 0 Å². The van der Waals surface area contributed by atoms with Crippen molar-refractivity contribution in [2.75, 3.05) is 33.2 Å². The first-order chi connectivity index (χ1) is 7.63. The maximum atomic E-state index is 11.9. The second-order valence-electron chi connectivity index (χ2n) is 5.39. The summed E-state index contributed by atoms with van der Waals surface area (Å²) in [4.78, 5) is 13.7. The zero-order valence-corrected chi connectivity index (χ0v) is 11.7. The first-order valence-corrected chi connectivity index (χ1v) is 7.08. The number of rotatable bonds is 2. The highest BCUT2D eigenvalue weighted by Crippen LogP contribution is 2.14. The van der Waals surface area contributed by atoms with Crippen LogP contribution < -0.4 is 4.72 Å². The fourth-order valence-electron chi connectivity index (χ4n) is 1.36. The zero-order chi connectivity index (χ0) is 13.3. The van der Waals surface area contributed by atoms with Gasteiger partial charge in [-0.15, -0.1) is 0 Å². The molecular formula is C10H21N3O3S. The molecular weight excluding hydrogens is 242 g/mol. The summed E-state index contributed by atoms with van der Waals surface area (Å²) in [6.45, 7) is 7.26. The van der Waals surface area contributed by atoms with Crippen molar-refractivity contribution < 1.29 is 13.2 Å². The maximum absolute atomic E-state index is 11.9. The summed E-state index contributed by atoms with van der Waals surface area (Å²) in [5.41, 5.74) is -0.709. The average Bonchev–Trinajstić information content (AvgIpc) is 2.16. The SMILES string of the molecule is CN1CCN(S(=O)(=O)NC(=O)C(C)(C)C)CC1. The first kappa shape index (κ1) is 14.4. The Bertz CT molecular complexity index is 378. The van der Waals surface area contributed by atoms with Crippen LogP contribution in [0.2, 0.25) is 0 Å². The Morgan fingerprint density at radius 2 is 1.59 bits per heavy atom. The highest BCUT2D eigenvalue weighted by atomic mass is 32.2. The van der Waals surface area contributed by atoms with Crippen molar-refractivity contribution in [3.63, 3.8) is 0 Å². The maximum Gasteiger partial charge on any atom is 0.303 e. The van der Waals surface area contributed by atoms with Crippen molar-refractivity contribution in [3.05, 3.63) is 0 Å². The minimum Gasteiger partial charge on any atom is -0.304 e. The number of amides is 1. The molecule has 0 unspecified atom stereocenters. The fraction of sp³-hybridized carbons (Fsp3) is 0.900. The van der Waals surface area contributed by atoms with Crippen molar-refractivity contribution in [1.29, 1.82) is 0 Å². The molecule has 6 nitrogen and oxygen atoms in total. The molecule has 17 heavy (non-hydrogen) atoms. The molecule has 1 aliphatic rings. The van der Waals surface area contributed by atoms with Gasteiger partial charge < -0.3 is 4.90 Å². The van der Waals surface area contributed by atoms with Gasteiger partial charge in [0.05, 0.1) is 0 Å². The van der Waals surface area contributed by atoms with Gasteiger partial charge in [-0.2, -0.15) is 12.7 Å². The quantitative estimate of drug-likeness (QED) is 0.739. The van der Waals surface area contributed by atoms with Gasteiger partial charge in [-0.25, -0.2) is 4.72 Å². The number of nitrogens with one attached hydrogen (secondary N) is 1. The number of piperazine rings is 1. The molecule has 0 aliphatic carbocycles. The number of hydrogen-bond donors (Lipinski definition) is 1. The van der Waals surface area contributed by atoms with Gasteiger partial charge in [-0.3, -0.25) is 4.79 Å². The summed E-state index contributed by atoms with van der Waals surface area (Å²) in [6, 6.07) is 0. The van der Waals surface area contributed by atoms with Crippen molar-refractivity contribution in [2.45, 2.75) is 20.8 Å². The lowest BCUT2D eigenvalue weighted by Crippen LogP contribution is -2.53. The van der Waals surface area contributed by atoms with Crippen molar-refractivity contribution in [2.24, 2.45) is 5.41 Å². The highest BCUT2D eigenvalue weighted by Gasteiger charge is 2.31. The smallest absolute Gasteiger partial charge is 0.303 e. The molecule has 1 N–H and O–H groups in total. The molecule has 7 heteroatoms. The van der Waals surface area contributed by atoms with Crippen LogP contribution >= 0.6 is 0 Å². The summed E-state index contributed by atoms with van der Waals surface area (Å²) in [5, 5.41) is 0. The Morgan fingerprint density at radius 3 is 2.00 bits per heavy atom. The Morgan fingerprint density at radius 1 is 1.12 bits per heavy atom. The summed E-state index contributed by atoms with van der Waals surface area (Å²) in [6.07, 6.45) is 0. The average molecular weight is 263 g/mol. The summed E-state index contributed by atoms with van der Waals surface area (Å²) >= 11 is 0. The molecule has 0 bridgehead atoms. The fourth-order valence-corrected chi connectivity index (χ4v) is 2.68. The molecule has 1 rings (SSSR count). The number of carbonyl (C=O) groups excluding carboxylic acids is 1. The molecule has 0 aromatic rings. The van der Waals surface area contributed by atoms with Gasteiger partial charge in [-0.1, -0.05) is 20.8 Å². The lowest BCUT2D eigenvalue weighted by atomic mass is 9.96. The van der Waals surface area contributed by atoms with Crippen LogP contribution in [0.15, 0.2) is 0 Å². The molecule has 0 spiro atoms. The Hall–Kier alpha value is -0.660. The predicted molar refractivity (Wildman–Crippen MR) is 65.6 cm³/mol. The van der Waals surface area contributed by atoms with E-state index in [0.29, 0.717) is 26.2 Å². The summed E-state index contributed by atoms with van der Waals surface area (Å²) in [7, 11) is -1.74. The van der Waals surface area contributed by atoms with Gasteiger partial charge in [0.2, 0.25) is 5.91 Å². The van der Waals surface area contributed by atoms with Gasteiger partial charge in [-0.05, 0) is 7.05 Å². The molecule has 0 radical (unpaired) electrons. The van der Waals surface area contributed by atoms with Crippen LogP contribution in [0.4, 0.5) is 0 Å². The summed E-state index contributed by atoms with van der Waals surface area (Å²) < 4.78 is 27.3. The molecule has 1 fully saturated rings. The Balaban J connectivity index is 2.67. The van der Waals surface area contributed by atoms with Crippen LogP contribution in [-0.2, 0) is 15.0 Å². The van der Waals surface area contributed by atoms with Gasteiger partial charge in [0, 0.05) is 31.6 Å². The molecule has 1 heterocycles. The van der Waals surface area contributed by atoms with Crippen LogP contribution in [-0.4, -0.2) is 56.8 Å². The largest absolute Gasteiger partial charge is 0.304 e. The molecule has 100 valence electrons. The normalized spacial score (nSPS) is 20.2. The van der Waals surface area contributed by atoms with E-state index in [1.54, 1.807) is 20.8 Å². The van der Waals surface area contributed by atoms with E-state index in [2.05, 4.69) is 9.62 Å². The van der Waals surface area contributed by atoms with Crippen LogP contribution in [0.3, 0.4) is 0 Å². The molecule has 1 saturated heterocycles. The van der Waals surface area contributed by atoms with E-state index in [0.717, 1.165) is 0 Å². The standard InChI is InChI=1S/C10H21N3O3S/c1-10(2,3)9(14)11-17(15,16)13-7-5-12(4)6-8-13/h5-8H2,1-4H3,(H,11,14). The van der Waals surface area contributed by atoms with E-state index >= 15 is 0 Å². The molecule has 0 aromatic heterocycles. The number of carbonyl (C=O) groups is 1. The highest BCUT2D eigenvalue weighted by molar-refractivity contribution is 7.87. The Kier molecular flexibility index (Phi) is 4.16. The Labute approximate surface area is 103 Å². The van der Waals surface area contributed by atoms with Gasteiger partial charge in [0.25, 0.3) is 0 Å². The molecule has 0 saturated carbocycles. The van der Waals surface area contributed by atoms with E-state index in [9.17, 15) is 13.2 Å². The lowest BCUT2D eigenvalue weighted by molar-refractivity contribution is -0.126. The number of nitrogens with zero attached hydrogens (tertiary/aromatic N) is 2. The number of hydrogen-bond acceptors (Lipinski definition) is 4. The number of likely N-dealkylation sites (N-methyl/N-ethyl adjacent to an activating group) is 1. The topological polar surface area (TPSA) is 69.7 Å². The minimum absolute atomic E-state index is 0.420. The summed E-state index contributed by atoms with van der Waals surface area (Å²) in [5.74, 6) is -0.476. The van der Waals surface area contributed by atoms with Crippen LogP contribution in [0.5, 0.6) is 0 Å². The lowest BCUT2D eigenvalue weighted by Gasteiger charge is -2.32. The second kappa shape index (κ2) is 4.91. The molecule has 1 aliphatic heterocycles. The monoisotopic (exact) mass is 263 g/mol. The van der Waals surface area contributed by atoms with Crippen molar-refractivity contribution in [3.8, 4) is 0 Å². The molecule has 0 atom stereocenters. The minimum atomic E-state index is -3.68. The van der Waals surface area contributed by atoms with E-state index in [1.165, 1.54) is 4.31 Å². The van der Waals surface area contributed by atoms with Crippen LogP contribution in [0.1, 0.15) is 20.8 Å². The van der Waals surface area contributed by atoms with Gasteiger partial charge >= 0.3 is 10.2 Å². The zero-order valence-electron chi connectivity index (χ0n) is 10.9. The predicted octanol–water partition coefficient (Wildman–Crippen LogP) is -0.359. The van der Waals surface area contributed by atoms with E-state index in [4.69, 9.17) is 0 Å². The van der Waals surface area contributed by atoms with E-state index in [1.807, 2.05) is 7.05 Å². The third-order valence-corrected chi connectivity index (χ3v) is 4.19. The molecule has 0 aromatic carbocycles. The van der Waals surface area contributed by atoms with E-state index < -0.39 is 21.5 Å². The van der Waals surface area contributed by atoms with Crippen LogP contribution in [0, 0.1) is 5.41 Å². The second-order valence-corrected chi connectivity index (χ2v) is 7.06.